The van der Waals surface area contributed by atoms with Crippen LogP contribution in [0.2, 0.25) is 5.15 Å². The molecule has 0 N–H and O–H groups in total. The average Bonchev–Trinajstić information content (AvgIpc) is 2.26. The van der Waals surface area contributed by atoms with Crippen molar-refractivity contribution in [2.45, 2.75) is 18.7 Å². The Morgan fingerprint density at radius 3 is 2.89 bits per heavy atom. The maximum Gasteiger partial charge on any atom is 0.151 e. The van der Waals surface area contributed by atoms with Gasteiger partial charge in [0.05, 0.1) is 25.0 Å². The minimum Gasteiger partial charge on any atom is -0.377 e. The summed E-state index contributed by atoms with van der Waals surface area (Å²) in [6, 6.07) is 3.58. The third kappa shape index (κ3) is 4.06. The first kappa shape index (κ1) is 14.6. The molecule has 0 amide bonds. The third-order valence-corrected chi connectivity index (χ3v) is 3.98. The number of pyridine rings is 1. The van der Waals surface area contributed by atoms with Crippen molar-refractivity contribution in [2.24, 2.45) is 0 Å². The molecule has 0 radical (unpaired) electrons. The first-order valence-corrected chi connectivity index (χ1v) is 8.47. The molecule has 106 valence electrons. The predicted octanol–water partition coefficient (Wildman–Crippen LogP) is 1.50. The molecule has 7 heteroatoms. The lowest BCUT2D eigenvalue weighted by Crippen LogP contribution is -2.44. The number of anilines is 1. The van der Waals surface area contributed by atoms with Crippen LogP contribution in [-0.4, -0.2) is 45.5 Å². The number of sulfone groups is 1. The van der Waals surface area contributed by atoms with Crippen molar-refractivity contribution in [2.75, 3.05) is 30.9 Å². The van der Waals surface area contributed by atoms with Crippen molar-refractivity contribution in [3.63, 3.8) is 0 Å². The molecule has 1 aromatic rings. The van der Waals surface area contributed by atoms with Crippen molar-refractivity contribution in [3.8, 4) is 0 Å². The van der Waals surface area contributed by atoms with E-state index >= 15 is 0 Å². The number of aromatic nitrogens is 1. The van der Waals surface area contributed by atoms with E-state index in [0.717, 1.165) is 6.54 Å². The summed E-state index contributed by atoms with van der Waals surface area (Å²) in [7, 11) is -3.08. The highest BCUT2D eigenvalue weighted by molar-refractivity contribution is 7.89. The second kappa shape index (κ2) is 5.64. The normalized spacial score (nSPS) is 20.6. The van der Waals surface area contributed by atoms with Crippen molar-refractivity contribution >= 4 is 27.3 Å². The molecule has 0 saturated carbocycles. The minimum absolute atomic E-state index is 0.0268. The maximum atomic E-state index is 11.4. The fourth-order valence-corrected chi connectivity index (χ4v) is 3.13. The molecule has 1 aliphatic heterocycles. The van der Waals surface area contributed by atoms with Gasteiger partial charge >= 0.3 is 0 Å². The molecule has 1 fully saturated rings. The van der Waals surface area contributed by atoms with Crippen LogP contribution < -0.4 is 4.90 Å². The summed E-state index contributed by atoms with van der Waals surface area (Å²) in [5, 5.41) is 0.315. The smallest absolute Gasteiger partial charge is 0.151 e. The standard InChI is InChI=1S/C12H17ClN2O3S/c1-9-7-18-4-3-15(9)12-6-10(5-11(13)14-12)8-19(2,16)17/h5-6,9H,3-4,7-8H2,1-2H3/t9-/m1/s1. The van der Waals surface area contributed by atoms with Crippen molar-refractivity contribution in [3.05, 3.63) is 22.8 Å². The Morgan fingerprint density at radius 1 is 1.53 bits per heavy atom. The number of rotatable bonds is 3. The summed E-state index contributed by atoms with van der Waals surface area (Å²) in [6.45, 7) is 4.04. The number of morpholine rings is 1. The third-order valence-electron chi connectivity index (χ3n) is 2.93. The number of halogens is 1. The molecule has 0 aliphatic carbocycles. The van der Waals surface area contributed by atoms with Crippen LogP contribution in [0.15, 0.2) is 12.1 Å². The van der Waals surface area contributed by atoms with Gasteiger partial charge in [0.15, 0.2) is 9.84 Å². The predicted molar refractivity (Wildman–Crippen MR) is 75.4 cm³/mol. The lowest BCUT2D eigenvalue weighted by atomic mass is 10.2. The van der Waals surface area contributed by atoms with E-state index in [1.54, 1.807) is 12.1 Å². The van der Waals surface area contributed by atoms with Crippen LogP contribution in [0.5, 0.6) is 0 Å². The topological polar surface area (TPSA) is 59.5 Å². The van der Waals surface area contributed by atoms with Crippen LogP contribution in [0.3, 0.4) is 0 Å². The van der Waals surface area contributed by atoms with Crippen LogP contribution >= 0.6 is 11.6 Å². The van der Waals surface area contributed by atoms with Crippen molar-refractivity contribution in [1.82, 2.24) is 4.98 Å². The van der Waals surface area contributed by atoms with Gasteiger partial charge in [-0.1, -0.05) is 11.6 Å². The number of nitrogens with zero attached hydrogens (tertiary/aromatic N) is 2. The van der Waals surface area contributed by atoms with Gasteiger partial charge in [-0.25, -0.2) is 13.4 Å². The van der Waals surface area contributed by atoms with E-state index in [4.69, 9.17) is 16.3 Å². The van der Waals surface area contributed by atoms with E-state index in [2.05, 4.69) is 9.88 Å². The molecule has 1 aromatic heterocycles. The molecule has 0 bridgehead atoms. The summed E-state index contributed by atoms with van der Waals surface area (Å²) in [5.74, 6) is 0.683. The first-order valence-electron chi connectivity index (χ1n) is 6.04. The van der Waals surface area contributed by atoms with Crippen LogP contribution in [0.1, 0.15) is 12.5 Å². The molecule has 5 nitrogen and oxygen atoms in total. The largest absolute Gasteiger partial charge is 0.377 e. The van der Waals surface area contributed by atoms with Crippen LogP contribution in [0.4, 0.5) is 5.82 Å². The maximum absolute atomic E-state index is 11.4. The van der Waals surface area contributed by atoms with E-state index in [9.17, 15) is 8.42 Å². The molecule has 1 aliphatic rings. The highest BCUT2D eigenvalue weighted by atomic mass is 35.5. The van der Waals surface area contributed by atoms with Gasteiger partial charge in [0.1, 0.15) is 11.0 Å². The average molecular weight is 305 g/mol. The number of hydrogen-bond acceptors (Lipinski definition) is 5. The quantitative estimate of drug-likeness (QED) is 0.792. The Hall–Kier alpha value is -0.850. The van der Waals surface area contributed by atoms with E-state index in [-0.39, 0.29) is 11.8 Å². The van der Waals surface area contributed by atoms with Gasteiger partial charge in [-0.15, -0.1) is 0 Å². The second-order valence-electron chi connectivity index (χ2n) is 4.84. The Bertz CT molecular complexity index is 562. The first-order chi connectivity index (χ1) is 8.85. The van der Waals surface area contributed by atoms with Gasteiger partial charge < -0.3 is 9.64 Å². The molecule has 2 rings (SSSR count). The zero-order valence-corrected chi connectivity index (χ0v) is 12.5. The Morgan fingerprint density at radius 2 is 2.26 bits per heavy atom. The lowest BCUT2D eigenvalue weighted by Gasteiger charge is -2.34. The zero-order valence-electron chi connectivity index (χ0n) is 11.0. The SMILES string of the molecule is C[C@@H]1COCCN1c1cc(CS(C)(=O)=O)cc(Cl)n1. The summed E-state index contributed by atoms with van der Waals surface area (Å²) in [5.41, 5.74) is 0.663. The second-order valence-corrected chi connectivity index (χ2v) is 7.37. The fraction of sp³-hybridized carbons (Fsp3) is 0.583. The van der Waals surface area contributed by atoms with Crippen molar-refractivity contribution < 1.29 is 13.2 Å². The summed E-state index contributed by atoms with van der Waals surface area (Å²) in [6.07, 6.45) is 1.21. The molecular weight excluding hydrogens is 288 g/mol. The van der Waals surface area contributed by atoms with E-state index in [1.165, 1.54) is 6.26 Å². The van der Waals surface area contributed by atoms with Gasteiger partial charge in [0.2, 0.25) is 0 Å². The molecular formula is C12H17ClN2O3S. The Balaban J connectivity index is 2.30. The fourth-order valence-electron chi connectivity index (χ4n) is 2.14. The van der Waals surface area contributed by atoms with Gasteiger partial charge in [0, 0.05) is 12.8 Å². The zero-order chi connectivity index (χ0) is 14.0. The van der Waals surface area contributed by atoms with Crippen LogP contribution in [0, 0.1) is 0 Å². The number of ether oxygens (including phenoxy) is 1. The van der Waals surface area contributed by atoms with Gasteiger partial charge in [-0.3, -0.25) is 0 Å². The van der Waals surface area contributed by atoms with Crippen molar-refractivity contribution in [1.29, 1.82) is 0 Å². The molecule has 1 atom stereocenters. The molecule has 0 unspecified atom stereocenters. The Kier molecular flexibility index (Phi) is 4.32. The van der Waals surface area contributed by atoms with Crippen LogP contribution in [-0.2, 0) is 20.3 Å². The van der Waals surface area contributed by atoms with Gasteiger partial charge in [0.25, 0.3) is 0 Å². The molecule has 1 saturated heterocycles. The van der Waals surface area contributed by atoms with E-state index in [1.807, 2.05) is 6.92 Å². The molecule has 0 spiro atoms. The molecule has 19 heavy (non-hydrogen) atoms. The summed E-state index contributed by atoms with van der Waals surface area (Å²) < 4.78 is 28.1. The molecule has 2 heterocycles. The summed E-state index contributed by atoms with van der Waals surface area (Å²) >= 11 is 5.98. The highest BCUT2D eigenvalue weighted by Gasteiger charge is 2.21. The lowest BCUT2D eigenvalue weighted by molar-refractivity contribution is 0.0985. The molecule has 0 aromatic carbocycles. The monoisotopic (exact) mass is 304 g/mol. The van der Waals surface area contributed by atoms with Gasteiger partial charge in [-0.2, -0.15) is 0 Å². The summed E-state index contributed by atoms with van der Waals surface area (Å²) in [4.78, 5) is 6.36. The number of hydrogen-bond donors (Lipinski definition) is 0. The van der Waals surface area contributed by atoms with Gasteiger partial charge in [-0.05, 0) is 24.6 Å². The van der Waals surface area contributed by atoms with E-state index < -0.39 is 9.84 Å². The minimum atomic E-state index is -3.08. The Labute approximate surface area is 118 Å². The van der Waals surface area contributed by atoms with Crippen LogP contribution in [0.25, 0.3) is 0 Å². The van der Waals surface area contributed by atoms with E-state index in [0.29, 0.717) is 29.7 Å². The highest BCUT2D eigenvalue weighted by Crippen LogP contribution is 2.22.